The quantitative estimate of drug-likeness (QED) is 0.902. The normalized spacial score (nSPS) is 19.4. The predicted octanol–water partition coefficient (Wildman–Crippen LogP) is 3.62. The highest BCUT2D eigenvalue weighted by atomic mass is 16.5. The van der Waals surface area contributed by atoms with Crippen LogP contribution in [0.5, 0.6) is 0 Å². The monoisotopic (exact) mass is 267 g/mol. The molecule has 1 aliphatic heterocycles. The maximum absolute atomic E-state index is 6.53. The molecule has 0 aromatic heterocycles. The van der Waals surface area contributed by atoms with Gasteiger partial charge in [0.2, 0.25) is 0 Å². The maximum atomic E-state index is 6.53. The molecule has 0 saturated carbocycles. The molecule has 20 heavy (non-hydrogen) atoms. The molecule has 104 valence electrons. The molecule has 0 saturated heterocycles. The number of fused-ring (bicyclic) bond motifs is 1. The van der Waals surface area contributed by atoms with Gasteiger partial charge in [-0.1, -0.05) is 42.5 Å². The van der Waals surface area contributed by atoms with Gasteiger partial charge in [0.05, 0.1) is 12.6 Å². The van der Waals surface area contributed by atoms with Gasteiger partial charge in [-0.25, -0.2) is 0 Å². The Hall–Kier alpha value is -1.64. The van der Waals surface area contributed by atoms with Crippen LogP contribution in [0.15, 0.2) is 42.5 Å². The molecule has 1 aliphatic rings. The minimum atomic E-state index is -0.114. The highest BCUT2D eigenvalue weighted by Crippen LogP contribution is 2.36. The van der Waals surface area contributed by atoms with E-state index in [1.54, 1.807) is 0 Å². The summed E-state index contributed by atoms with van der Waals surface area (Å²) in [4.78, 5) is 0. The molecule has 2 aromatic rings. The van der Waals surface area contributed by atoms with Crippen molar-refractivity contribution in [2.75, 3.05) is 6.61 Å². The van der Waals surface area contributed by atoms with Gasteiger partial charge in [-0.15, -0.1) is 0 Å². The zero-order chi connectivity index (χ0) is 14.1. The fourth-order valence-electron chi connectivity index (χ4n) is 3.02. The molecular weight excluding hydrogens is 246 g/mol. The molecule has 2 unspecified atom stereocenters. The lowest BCUT2D eigenvalue weighted by atomic mass is 9.88. The van der Waals surface area contributed by atoms with Crippen molar-refractivity contribution in [1.82, 2.24) is 0 Å². The van der Waals surface area contributed by atoms with Crippen molar-refractivity contribution in [3.63, 3.8) is 0 Å². The van der Waals surface area contributed by atoms with Crippen LogP contribution in [0.25, 0.3) is 0 Å². The highest BCUT2D eigenvalue weighted by Gasteiger charge is 2.28. The van der Waals surface area contributed by atoms with Gasteiger partial charge in [0, 0.05) is 0 Å². The van der Waals surface area contributed by atoms with Gasteiger partial charge in [0.1, 0.15) is 6.10 Å². The fourth-order valence-corrected chi connectivity index (χ4v) is 3.02. The summed E-state index contributed by atoms with van der Waals surface area (Å²) >= 11 is 0. The summed E-state index contributed by atoms with van der Waals surface area (Å²) in [6.45, 7) is 5.01. The standard InChI is InChI=1S/C18H21NO/c1-12-6-5-9-15(13(12)2)17(19)18-16-8-4-3-7-14(16)10-11-20-18/h3-9,17-18H,10-11,19H2,1-2H3. The van der Waals surface area contributed by atoms with Crippen molar-refractivity contribution in [2.45, 2.75) is 32.4 Å². The van der Waals surface area contributed by atoms with E-state index in [-0.39, 0.29) is 12.1 Å². The summed E-state index contributed by atoms with van der Waals surface area (Å²) in [5.74, 6) is 0. The predicted molar refractivity (Wildman–Crippen MR) is 81.7 cm³/mol. The number of nitrogens with two attached hydrogens (primary N) is 1. The van der Waals surface area contributed by atoms with Gasteiger partial charge in [0.25, 0.3) is 0 Å². The maximum Gasteiger partial charge on any atom is 0.102 e. The van der Waals surface area contributed by atoms with E-state index in [1.807, 2.05) is 0 Å². The van der Waals surface area contributed by atoms with Gasteiger partial charge in [-0.05, 0) is 48.1 Å². The van der Waals surface area contributed by atoms with Crippen LogP contribution in [0.2, 0.25) is 0 Å². The summed E-state index contributed by atoms with van der Waals surface area (Å²) in [5.41, 5.74) is 12.9. The zero-order valence-electron chi connectivity index (χ0n) is 12.1. The first kappa shape index (κ1) is 13.3. The zero-order valence-corrected chi connectivity index (χ0v) is 12.1. The van der Waals surface area contributed by atoms with E-state index >= 15 is 0 Å². The molecule has 2 heteroatoms. The topological polar surface area (TPSA) is 35.2 Å². The van der Waals surface area contributed by atoms with Crippen LogP contribution in [0.4, 0.5) is 0 Å². The van der Waals surface area contributed by atoms with Crippen LogP contribution in [-0.2, 0) is 11.2 Å². The second kappa shape index (κ2) is 5.39. The van der Waals surface area contributed by atoms with E-state index in [0.717, 1.165) is 13.0 Å². The molecule has 2 aromatic carbocycles. The van der Waals surface area contributed by atoms with Crippen molar-refractivity contribution in [2.24, 2.45) is 5.73 Å². The van der Waals surface area contributed by atoms with E-state index in [9.17, 15) is 0 Å². The SMILES string of the molecule is Cc1cccc(C(N)C2OCCc3ccccc32)c1C. The van der Waals surface area contributed by atoms with E-state index in [1.165, 1.54) is 27.8 Å². The smallest absolute Gasteiger partial charge is 0.102 e. The Labute approximate surface area is 120 Å². The third kappa shape index (κ3) is 2.26. The number of hydrogen-bond acceptors (Lipinski definition) is 2. The second-order valence-corrected chi connectivity index (χ2v) is 5.56. The van der Waals surface area contributed by atoms with Crippen LogP contribution >= 0.6 is 0 Å². The first-order valence-corrected chi connectivity index (χ1v) is 7.19. The largest absolute Gasteiger partial charge is 0.371 e. The Morgan fingerprint density at radius 3 is 2.75 bits per heavy atom. The van der Waals surface area contributed by atoms with Crippen molar-refractivity contribution >= 4 is 0 Å². The number of ether oxygens (including phenoxy) is 1. The first-order valence-electron chi connectivity index (χ1n) is 7.19. The fraction of sp³-hybridized carbons (Fsp3) is 0.333. The highest BCUT2D eigenvalue weighted by molar-refractivity contribution is 5.39. The average Bonchev–Trinajstić information content (AvgIpc) is 2.49. The first-order chi connectivity index (χ1) is 9.68. The number of benzene rings is 2. The molecule has 0 radical (unpaired) electrons. The second-order valence-electron chi connectivity index (χ2n) is 5.56. The molecule has 0 bridgehead atoms. The summed E-state index contributed by atoms with van der Waals surface area (Å²) in [6, 6.07) is 14.7. The lowest BCUT2D eigenvalue weighted by Gasteiger charge is -2.31. The molecule has 0 fully saturated rings. The van der Waals surface area contributed by atoms with Gasteiger partial charge in [-0.2, -0.15) is 0 Å². The number of hydrogen-bond donors (Lipinski definition) is 1. The van der Waals surface area contributed by atoms with Gasteiger partial charge in [-0.3, -0.25) is 0 Å². The minimum absolute atomic E-state index is 0.0413. The lowest BCUT2D eigenvalue weighted by Crippen LogP contribution is -2.27. The van der Waals surface area contributed by atoms with Crippen molar-refractivity contribution in [3.05, 3.63) is 70.3 Å². The van der Waals surface area contributed by atoms with E-state index < -0.39 is 0 Å². The Kier molecular flexibility index (Phi) is 3.60. The molecule has 2 atom stereocenters. The van der Waals surface area contributed by atoms with E-state index in [0.29, 0.717) is 0 Å². The van der Waals surface area contributed by atoms with Gasteiger partial charge in [0.15, 0.2) is 0 Å². The average molecular weight is 267 g/mol. The summed E-state index contributed by atoms with van der Waals surface area (Å²) < 4.78 is 5.99. The molecule has 2 N–H and O–H groups in total. The van der Waals surface area contributed by atoms with Crippen LogP contribution < -0.4 is 5.73 Å². The molecule has 0 amide bonds. The third-order valence-electron chi connectivity index (χ3n) is 4.36. The van der Waals surface area contributed by atoms with Gasteiger partial charge < -0.3 is 10.5 Å². The summed E-state index contributed by atoms with van der Waals surface area (Å²) in [7, 11) is 0. The molecule has 0 aliphatic carbocycles. The van der Waals surface area contributed by atoms with Crippen LogP contribution in [-0.4, -0.2) is 6.61 Å². The summed E-state index contributed by atoms with van der Waals surface area (Å²) in [5, 5.41) is 0. The number of rotatable bonds is 2. The molecule has 1 heterocycles. The van der Waals surface area contributed by atoms with E-state index in [2.05, 4.69) is 56.3 Å². The Bertz CT molecular complexity index is 621. The lowest BCUT2D eigenvalue weighted by molar-refractivity contribution is 0.0240. The van der Waals surface area contributed by atoms with Crippen molar-refractivity contribution < 1.29 is 4.74 Å². The molecule has 3 rings (SSSR count). The Morgan fingerprint density at radius 1 is 1.10 bits per heavy atom. The Balaban J connectivity index is 2.00. The minimum Gasteiger partial charge on any atom is -0.371 e. The van der Waals surface area contributed by atoms with Crippen molar-refractivity contribution in [3.8, 4) is 0 Å². The van der Waals surface area contributed by atoms with Gasteiger partial charge >= 0.3 is 0 Å². The van der Waals surface area contributed by atoms with E-state index in [4.69, 9.17) is 10.5 Å². The number of aryl methyl sites for hydroxylation is 1. The van der Waals surface area contributed by atoms with Crippen LogP contribution in [0.1, 0.15) is 40.0 Å². The summed E-state index contributed by atoms with van der Waals surface area (Å²) in [6.07, 6.45) is 0.937. The molecule has 0 spiro atoms. The molecule has 2 nitrogen and oxygen atoms in total. The van der Waals surface area contributed by atoms with Crippen molar-refractivity contribution in [1.29, 1.82) is 0 Å². The third-order valence-corrected chi connectivity index (χ3v) is 4.36. The molecular formula is C18H21NO. The van der Waals surface area contributed by atoms with Crippen LogP contribution in [0.3, 0.4) is 0 Å². The van der Waals surface area contributed by atoms with Crippen LogP contribution in [0, 0.1) is 13.8 Å². The Morgan fingerprint density at radius 2 is 1.90 bits per heavy atom.